The van der Waals surface area contributed by atoms with Gasteiger partial charge in [0.1, 0.15) is 0 Å². The summed E-state index contributed by atoms with van der Waals surface area (Å²) in [5, 5.41) is 5.68. The van der Waals surface area contributed by atoms with Gasteiger partial charge in [0.25, 0.3) is 0 Å². The second-order valence-electron chi connectivity index (χ2n) is 6.10. The number of thiazole rings is 1. The molecule has 2 aromatic carbocycles. The molecule has 0 aliphatic carbocycles. The van der Waals surface area contributed by atoms with Gasteiger partial charge < -0.3 is 10.1 Å². The van der Waals surface area contributed by atoms with Crippen LogP contribution in [0.15, 0.2) is 60.0 Å². The molecule has 0 saturated heterocycles. The van der Waals surface area contributed by atoms with E-state index in [-0.39, 0.29) is 29.3 Å². The van der Waals surface area contributed by atoms with Gasteiger partial charge in [-0.1, -0.05) is 54.1 Å². The Kier molecular flexibility index (Phi) is 7.69. The fraction of sp³-hybridized carbons (Fsp3) is 0.190. The van der Waals surface area contributed by atoms with Crippen LogP contribution in [0.2, 0.25) is 5.02 Å². The molecule has 1 atom stereocenters. The summed E-state index contributed by atoms with van der Waals surface area (Å²) in [4.78, 5) is 28.0. The normalized spacial score (nSPS) is 11.7. The van der Waals surface area contributed by atoms with E-state index in [1.165, 1.54) is 30.2 Å². The van der Waals surface area contributed by atoms with Crippen molar-refractivity contribution >= 4 is 51.7 Å². The van der Waals surface area contributed by atoms with Gasteiger partial charge in [-0.3, -0.25) is 9.59 Å². The number of ether oxygens (including phenoxy) is 1. The summed E-state index contributed by atoms with van der Waals surface area (Å²) in [6.45, 7) is 0. The maximum Gasteiger partial charge on any atom is 0.311 e. The van der Waals surface area contributed by atoms with Crippen LogP contribution in [0.3, 0.4) is 0 Å². The van der Waals surface area contributed by atoms with Crippen LogP contribution in [0.1, 0.15) is 22.1 Å². The molecule has 1 N–H and O–H groups in total. The molecule has 1 amide bonds. The lowest BCUT2D eigenvalue weighted by atomic mass is 10.0. The Hall–Kier alpha value is -2.35. The van der Waals surface area contributed by atoms with Crippen molar-refractivity contribution in [1.82, 2.24) is 4.98 Å². The van der Waals surface area contributed by atoms with Gasteiger partial charge in [0, 0.05) is 10.4 Å². The molecule has 150 valence electrons. The van der Waals surface area contributed by atoms with E-state index >= 15 is 0 Å². The molecule has 1 aromatic heterocycles. The molecule has 0 aliphatic heterocycles. The van der Waals surface area contributed by atoms with Gasteiger partial charge in [-0.15, -0.1) is 23.1 Å². The number of amides is 1. The molecule has 0 spiro atoms. The zero-order chi connectivity index (χ0) is 20.6. The van der Waals surface area contributed by atoms with Crippen molar-refractivity contribution in [3.63, 3.8) is 0 Å². The molecule has 0 aliphatic rings. The van der Waals surface area contributed by atoms with Crippen LogP contribution in [0.4, 0.5) is 5.13 Å². The van der Waals surface area contributed by atoms with Gasteiger partial charge in [0.05, 0.1) is 30.2 Å². The molecule has 3 rings (SSSR count). The molecular formula is C21H19ClN2O3S2. The standard InChI is InChI=1S/C21H19ClN2O3S2/c1-27-19(26)11-17-12-29-21(23-17)24-18(25)13-28-20(14-5-3-2-4-6-14)15-7-9-16(22)10-8-15/h2-10,12,20H,11,13H2,1H3,(H,23,24,25). The number of rotatable bonds is 8. The third-order valence-electron chi connectivity index (χ3n) is 4.01. The van der Waals surface area contributed by atoms with Crippen molar-refractivity contribution in [3.8, 4) is 0 Å². The van der Waals surface area contributed by atoms with Crippen LogP contribution in [0, 0.1) is 0 Å². The molecule has 3 aromatic rings. The number of esters is 1. The Balaban J connectivity index is 1.64. The predicted octanol–water partition coefficient (Wildman–Crippen LogP) is 4.97. The van der Waals surface area contributed by atoms with E-state index in [1.807, 2.05) is 54.6 Å². The van der Waals surface area contributed by atoms with Crippen LogP contribution in [-0.2, 0) is 20.7 Å². The minimum Gasteiger partial charge on any atom is -0.469 e. The van der Waals surface area contributed by atoms with E-state index in [1.54, 1.807) is 5.38 Å². The lowest BCUT2D eigenvalue weighted by Gasteiger charge is -2.17. The fourth-order valence-corrected chi connectivity index (χ4v) is 4.57. The third kappa shape index (κ3) is 6.32. The van der Waals surface area contributed by atoms with Crippen molar-refractivity contribution in [2.45, 2.75) is 11.7 Å². The Morgan fingerprint density at radius 1 is 1.14 bits per heavy atom. The Morgan fingerprint density at radius 2 is 1.83 bits per heavy atom. The Morgan fingerprint density at radius 3 is 2.52 bits per heavy atom. The lowest BCUT2D eigenvalue weighted by Crippen LogP contribution is -2.15. The predicted molar refractivity (Wildman–Crippen MR) is 119 cm³/mol. The number of thioether (sulfide) groups is 1. The van der Waals surface area contributed by atoms with Crippen molar-refractivity contribution < 1.29 is 14.3 Å². The van der Waals surface area contributed by atoms with Gasteiger partial charge in [-0.05, 0) is 23.3 Å². The fourth-order valence-electron chi connectivity index (χ4n) is 2.63. The van der Waals surface area contributed by atoms with E-state index in [0.29, 0.717) is 15.8 Å². The highest BCUT2D eigenvalue weighted by atomic mass is 35.5. The highest BCUT2D eigenvalue weighted by molar-refractivity contribution is 8.00. The van der Waals surface area contributed by atoms with Gasteiger partial charge in [0.15, 0.2) is 5.13 Å². The second-order valence-corrected chi connectivity index (χ2v) is 8.49. The number of nitrogens with one attached hydrogen (secondary N) is 1. The van der Waals surface area contributed by atoms with Gasteiger partial charge in [0.2, 0.25) is 5.91 Å². The second kappa shape index (κ2) is 10.4. The maximum absolute atomic E-state index is 12.4. The van der Waals surface area contributed by atoms with Crippen molar-refractivity contribution in [1.29, 1.82) is 0 Å². The molecule has 0 bridgehead atoms. The molecule has 29 heavy (non-hydrogen) atoms. The van der Waals surface area contributed by atoms with Crippen LogP contribution in [-0.4, -0.2) is 29.7 Å². The number of aromatic nitrogens is 1. The number of nitrogens with zero attached hydrogens (tertiary/aromatic N) is 1. The van der Waals surface area contributed by atoms with Gasteiger partial charge >= 0.3 is 5.97 Å². The lowest BCUT2D eigenvalue weighted by molar-refractivity contribution is -0.139. The number of benzene rings is 2. The first kappa shape index (κ1) is 21.4. The summed E-state index contributed by atoms with van der Waals surface area (Å²) in [5.41, 5.74) is 2.77. The minimum absolute atomic E-state index is 0.00500. The highest BCUT2D eigenvalue weighted by Gasteiger charge is 2.17. The summed E-state index contributed by atoms with van der Waals surface area (Å²) in [6.07, 6.45) is 0.0876. The van der Waals surface area contributed by atoms with Crippen molar-refractivity contribution in [3.05, 3.63) is 81.8 Å². The smallest absolute Gasteiger partial charge is 0.311 e. The van der Waals surface area contributed by atoms with Gasteiger partial charge in [-0.25, -0.2) is 4.98 Å². The minimum atomic E-state index is -0.364. The van der Waals surface area contributed by atoms with Crippen molar-refractivity contribution in [2.75, 3.05) is 18.2 Å². The summed E-state index contributed by atoms with van der Waals surface area (Å²) >= 11 is 8.83. The average Bonchev–Trinajstić information content (AvgIpc) is 3.16. The molecule has 0 radical (unpaired) electrons. The monoisotopic (exact) mass is 446 g/mol. The molecule has 5 nitrogen and oxygen atoms in total. The van der Waals surface area contributed by atoms with E-state index in [9.17, 15) is 9.59 Å². The summed E-state index contributed by atoms with van der Waals surface area (Å²) in [5.74, 6) is -0.255. The highest BCUT2D eigenvalue weighted by Crippen LogP contribution is 2.36. The molecule has 1 unspecified atom stereocenters. The SMILES string of the molecule is COC(=O)Cc1csc(NC(=O)CSC(c2ccccc2)c2ccc(Cl)cc2)n1. The Bertz CT molecular complexity index is 962. The third-order valence-corrected chi connectivity index (χ3v) is 6.37. The zero-order valence-corrected chi connectivity index (χ0v) is 18.0. The van der Waals surface area contributed by atoms with E-state index in [2.05, 4.69) is 15.0 Å². The number of hydrogen-bond donors (Lipinski definition) is 1. The first-order valence-corrected chi connectivity index (χ1v) is 11.1. The number of anilines is 1. The molecule has 0 fully saturated rings. The topological polar surface area (TPSA) is 68.3 Å². The van der Waals surface area contributed by atoms with E-state index in [4.69, 9.17) is 11.6 Å². The number of methoxy groups -OCH3 is 1. The van der Waals surface area contributed by atoms with Crippen LogP contribution >= 0.6 is 34.7 Å². The number of carbonyl (C=O) groups is 2. The number of hydrogen-bond acceptors (Lipinski definition) is 6. The van der Waals surface area contributed by atoms with Crippen LogP contribution < -0.4 is 5.32 Å². The molecule has 0 saturated carbocycles. The summed E-state index contributed by atoms with van der Waals surface area (Å²) < 4.78 is 4.63. The van der Waals surface area contributed by atoms with Crippen LogP contribution in [0.5, 0.6) is 0 Å². The summed E-state index contributed by atoms with van der Waals surface area (Å²) in [7, 11) is 1.33. The Labute approximate surface area is 182 Å². The molecular weight excluding hydrogens is 428 g/mol. The van der Waals surface area contributed by atoms with E-state index in [0.717, 1.165) is 11.1 Å². The zero-order valence-electron chi connectivity index (χ0n) is 15.6. The van der Waals surface area contributed by atoms with E-state index < -0.39 is 0 Å². The first-order chi connectivity index (χ1) is 14.0. The largest absolute Gasteiger partial charge is 0.469 e. The number of halogens is 1. The average molecular weight is 447 g/mol. The van der Waals surface area contributed by atoms with Gasteiger partial charge in [-0.2, -0.15) is 0 Å². The summed E-state index contributed by atoms with van der Waals surface area (Å²) in [6, 6.07) is 17.7. The maximum atomic E-state index is 12.4. The van der Waals surface area contributed by atoms with Crippen molar-refractivity contribution in [2.24, 2.45) is 0 Å². The first-order valence-electron chi connectivity index (χ1n) is 8.78. The quantitative estimate of drug-likeness (QED) is 0.494. The molecule has 1 heterocycles. The van der Waals surface area contributed by atoms with Crippen LogP contribution in [0.25, 0.3) is 0 Å². The molecule has 8 heteroatoms. The number of carbonyl (C=O) groups excluding carboxylic acids is 2.